The summed E-state index contributed by atoms with van der Waals surface area (Å²) >= 11 is 0. The van der Waals surface area contributed by atoms with E-state index in [1.54, 1.807) is 0 Å². The van der Waals surface area contributed by atoms with Gasteiger partial charge in [0.2, 0.25) is 0 Å². The zero-order chi connectivity index (χ0) is 7.61. The molecule has 1 fully saturated rings. The van der Waals surface area contributed by atoms with E-state index in [1.165, 1.54) is 12.8 Å². The molecule has 1 nitrogen and oxygen atoms in total. The summed E-state index contributed by atoms with van der Waals surface area (Å²) < 4.78 is 0. The molecule has 0 spiro atoms. The monoisotopic (exact) mass is 142 g/mol. The van der Waals surface area contributed by atoms with E-state index in [-0.39, 0.29) is 5.60 Å². The molecule has 1 rings (SSSR count). The van der Waals surface area contributed by atoms with E-state index in [2.05, 4.69) is 13.8 Å². The molecular weight excluding hydrogens is 124 g/mol. The minimum absolute atomic E-state index is 0.308. The van der Waals surface area contributed by atoms with Gasteiger partial charge < -0.3 is 5.11 Å². The van der Waals surface area contributed by atoms with Gasteiger partial charge in [-0.25, -0.2) is 0 Å². The van der Waals surface area contributed by atoms with Crippen LogP contribution in [0.2, 0.25) is 0 Å². The second-order valence-electron chi connectivity index (χ2n) is 3.78. The normalized spacial score (nSPS) is 41.7. The van der Waals surface area contributed by atoms with Crippen molar-refractivity contribution in [2.45, 2.75) is 51.6 Å². The molecule has 0 bridgehead atoms. The predicted octanol–water partition coefficient (Wildman–Crippen LogP) is 2.34. The van der Waals surface area contributed by atoms with Crippen molar-refractivity contribution in [2.75, 3.05) is 0 Å². The SMILES string of the molecule is CC[C@@]1(O)CCC[C@H](C)C1. The Balaban J connectivity index is 2.45. The molecule has 1 saturated carbocycles. The Labute approximate surface area is 63.4 Å². The van der Waals surface area contributed by atoms with Crippen LogP contribution >= 0.6 is 0 Å². The summed E-state index contributed by atoms with van der Waals surface area (Å²) in [5.41, 5.74) is -0.308. The fourth-order valence-electron chi connectivity index (χ4n) is 1.95. The Morgan fingerprint density at radius 2 is 2.30 bits per heavy atom. The van der Waals surface area contributed by atoms with Crippen LogP contribution in [0.3, 0.4) is 0 Å². The second-order valence-corrected chi connectivity index (χ2v) is 3.78. The number of hydrogen-bond donors (Lipinski definition) is 1. The molecule has 0 unspecified atom stereocenters. The minimum Gasteiger partial charge on any atom is -0.390 e. The summed E-state index contributed by atoms with van der Waals surface area (Å²) in [6.07, 6.45) is 5.49. The summed E-state index contributed by atoms with van der Waals surface area (Å²) in [6.45, 7) is 4.32. The molecule has 10 heavy (non-hydrogen) atoms. The van der Waals surface area contributed by atoms with Gasteiger partial charge >= 0.3 is 0 Å². The van der Waals surface area contributed by atoms with E-state index in [0.29, 0.717) is 0 Å². The van der Waals surface area contributed by atoms with Gasteiger partial charge in [-0.1, -0.05) is 26.7 Å². The zero-order valence-corrected chi connectivity index (χ0v) is 7.06. The molecule has 1 aliphatic rings. The minimum atomic E-state index is -0.308. The molecule has 0 radical (unpaired) electrons. The lowest BCUT2D eigenvalue weighted by Crippen LogP contribution is -2.33. The van der Waals surface area contributed by atoms with Crippen LogP contribution in [0.5, 0.6) is 0 Å². The Morgan fingerprint density at radius 1 is 1.60 bits per heavy atom. The summed E-state index contributed by atoms with van der Waals surface area (Å²) in [5, 5.41) is 9.85. The molecule has 0 heterocycles. The van der Waals surface area contributed by atoms with Gasteiger partial charge in [-0.2, -0.15) is 0 Å². The third kappa shape index (κ3) is 1.72. The Kier molecular flexibility index (Phi) is 2.35. The number of hydrogen-bond acceptors (Lipinski definition) is 1. The zero-order valence-electron chi connectivity index (χ0n) is 7.06. The topological polar surface area (TPSA) is 20.2 Å². The molecule has 1 N–H and O–H groups in total. The van der Waals surface area contributed by atoms with Crippen LogP contribution in [-0.4, -0.2) is 10.7 Å². The lowest BCUT2D eigenvalue weighted by Gasteiger charge is -2.34. The smallest absolute Gasteiger partial charge is 0.0647 e. The van der Waals surface area contributed by atoms with Crippen LogP contribution < -0.4 is 0 Å². The lowest BCUT2D eigenvalue weighted by molar-refractivity contribution is -0.0159. The highest BCUT2D eigenvalue weighted by Gasteiger charge is 2.30. The molecule has 1 heteroatoms. The van der Waals surface area contributed by atoms with Gasteiger partial charge in [-0.3, -0.25) is 0 Å². The average Bonchev–Trinajstić information content (AvgIpc) is 1.88. The highest BCUT2D eigenvalue weighted by molar-refractivity contribution is 4.83. The molecule has 0 aliphatic heterocycles. The second kappa shape index (κ2) is 2.91. The van der Waals surface area contributed by atoms with E-state index in [0.717, 1.165) is 25.2 Å². The molecule has 0 aromatic carbocycles. The Morgan fingerprint density at radius 3 is 2.70 bits per heavy atom. The summed E-state index contributed by atoms with van der Waals surface area (Å²) in [6, 6.07) is 0. The van der Waals surface area contributed by atoms with E-state index in [4.69, 9.17) is 0 Å². The predicted molar refractivity (Wildman–Crippen MR) is 42.9 cm³/mol. The van der Waals surface area contributed by atoms with Gasteiger partial charge in [0, 0.05) is 0 Å². The fraction of sp³-hybridized carbons (Fsp3) is 1.00. The van der Waals surface area contributed by atoms with Gasteiger partial charge in [0.15, 0.2) is 0 Å². The fourth-order valence-corrected chi connectivity index (χ4v) is 1.95. The molecule has 2 atom stereocenters. The highest BCUT2D eigenvalue weighted by atomic mass is 16.3. The van der Waals surface area contributed by atoms with Crippen LogP contribution in [-0.2, 0) is 0 Å². The van der Waals surface area contributed by atoms with Crippen molar-refractivity contribution in [1.29, 1.82) is 0 Å². The van der Waals surface area contributed by atoms with Crippen LogP contribution in [0.1, 0.15) is 46.0 Å². The van der Waals surface area contributed by atoms with Gasteiger partial charge in [-0.15, -0.1) is 0 Å². The van der Waals surface area contributed by atoms with Crippen molar-refractivity contribution in [3.05, 3.63) is 0 Å². The van der Waals surface area contributed by atoms with E-state index < -0.39 is 0 Å². The van der Waals surface area contributed by atoms with Gasteiger partial charge in [0.1, 0.15) is 0 Å². The maximum atomic E-state index is 9.85. The van der Waals surface area contributed by atoms with Crippen molar-refractivity contribution in [1.82, 2.24) is 0 Å². The summed E-state index contributed by atoms with van der Waals surface area (Å²) in [7, 11) is 0. The third-order valence-corrected chi connectivity index (χ3v) is 2.73. The van der Waals surface area contributed by atoms with E-state index in [9.17, 15) is 5.11 Å². The van der Waals surface area contributed by atoms with Crippen LogP contribution in [0.25, 0.3) is 0 Å². The first kappa shape index (κ1) is 8.06. The van der Waals surface area contributed by atoms with Crippen molar-refractivity contribution in [3.63, 3.8) is 0 Å². The van der Waals surface area contributed by atoms with Crippen LogP contribution in [0.15, 0.2) is 0 Å². The quantitative estimate of drug-likeness (QED) is 0.595. The van der Waals surface area contributed by atoms with E-state index >= 15 is 0 Å². The van der Waals surface area contributed by atoms with E-state index in [1.807, 2.05) is 0 Å². The molecule has 0 aromatic heterocycles. The molecule has 0 aromatic rings. The first-order valence-corrected chi connectivity index (χ1v) is 4.39. The van der Waals surface area contributed by atoms with Gasteiger partial charge in [0.05, 0.1) is 5.60 Å². The molecule has 60 valence electrons. The highest BCUT2D eigenvalue weighted by Crippen LogP contribution is 2.33. The summed E-state index contributed by atoms with van der Waals surface area (Å²) in [4.78, 5) is 0. The first-order chi connectivity index (χ1) is 4.66. The molecule has 0 amide bonds. The van der Waals surface area contributed by atoms with Crippen LogP contribution in [0.4, 0.5) is 0 Å². The van der Waals surface area contributed by atoms with Gasteiger partial charge in [-0.05, 0) is 25.2 Å². The maximum absolute atomic E-state index is 9.85. The van der Waals surface area contributed by atoms with Crippen molar-refractivity contribution < 1.29 is 5.11 Å². The number of rotatable bonds is 1. The van der Waals surface area contributed by atoms with Gasteiger partial charge in [0.25, 0.3) is 0 Å². The lowest BCUT2D eigenvalue weighted by atomic mass is 9.78. The first-order valence-electron chi connectivity index (χ1n) is 4.39. The standard InChI is InChI=1S/C9H18O/c1-3-9(10)6-4-5-8(2)7-9/h8,10H,3-7H2,1-2H3/t8-,9+/m0/s1. The molecule has 0 saturated heterocycles. The number of aliphatic hydroxyl groups is 1. The maximum Gasteiger partial charge on any atom is 0.0647 e. The van der Waals surface area contributed by atoms with Crippen molar-refractivity contribution >= 4 is 0 Å². The molecule has 1 aliphatic carbocycles. The average molecular weight is 142 g/mol. The molecular formula is C9H18O. The Bertz CT molecular complexity index is 111. The van der Waals surface area contributed by atoms with Crippen molar-refractivity contribution in [2.24, 2.45) is 5.92 Å². The third-order valence-electron chi connectivity index (χ3n) is 2.73. The summed E-state index contributed by atoms with van der Waals surface area (Å²) in [5.74, 6) is 0.735. The largest absolute Gasteiger partial charge is 0.390 e. The Hall–Kier alpha value is -0.0400. The van der Waals surface area contributed by atoms with Crippen LogP contribution in [0, 0.1) is 5.92 Å². The van der Waals surface area contributed by atoms with Crippen molar-refractivity contribution in [3.8, 4) is 0 Å².